The van der Waals surface area contributed by atoms with Crippen LogP contribution < -0.4 is 14.6 Å². The standard InChI is InChI=1S/C25H22Cl2F3N3O3/c1-15-21(8-9-23(34)35)33(31-24(15)25(28,29)30)17-3-5-18(6-4-17)36-19-10-12-32(13-11-19)22-14-16(26)2-7-20(22)27/h2-7,14-15,19,21H,10-13H2,1H3,(H,34,35)/t15-,21-/m0/s1. The number of hydrogen-bond acceptors (Lipinski definition) is 5. The van der Waals surface area contributed by atoms with E-state index in [1.165, 1.54) is 6.92 Å². The number of alkyl halides is 3. The lowest BCUT2D eigenvalue weighted by Crippen LogP contribution is -2.38. The Bertz CT molecular complexity index is 1220. The fraction of sp³-hybridized carbons (Fsp3) is 0.360. The van der Waals surface area contributed by atoms with Crippen molar-refractivity contribution in [2.45, 2.75) is 38.1 Å². The number of carboxylic acids is 1. The predicted octanol–water partition coefficient (Wildman–Crippen LogP) is 5.87. The number of carbonyl (C=O) groups is 1. The largest absolute Gasteiger partial charge is 0.490 e. The number of halogens is 5. The van der Waals surface area contributed by atoms with Gasteiger partial charge in [-0.05, 0) is 42.5 Å². The Balaban J connectivity index is 1.43. The van der Waals surface area contributed by atoms with E-state index in [1.807, 2.05) is 12.0 Å². The van der Waals surface area contributed by atoms with Crippen LogP contribution in [-0.2, 0) is 4.79 Å². The minimum Gasteiger partial charge on any atom is -0.490 e. The molecule has 0 radical (unpaired) electrons. The second-order valence-electron chi connectivity index (χ2n) is 8.53. The molecule has 6 nitrogen and oxygen atoms in total. The fourth-order valence-corrected chi connectivity index (χ4v) is 4.70. The average molecular weight is 540 g/mol. The van der Waals surface area contributed by atoms with Gasteiger partial charge >= 0.3 is 12.1 Å². The molecule has 0 saturated carbocycles. The molecule has 1 N–H and O–H groups in total. The second-order valence-corrected chi connectivity index (χ2v) is 9.37. The minimum absolute atomic E-state index is 0.0408. The Kier molecular flexibility index (Phi) is 7.57. The van der Waals surface area contributed by atoms with E-state index in [2.05, 4.69) is 15.9 Å². The zero-order chi connectivity index (χ0) is 26.0. The number of ether oxygens (including phenoxy) is 1. The lowest BCUT2D eigenvalue weighted by atomic mass is 9.97. The summed E-state index contributed by atoms with van der Waals surface area (Å²) in [5.41, 5.74) is 0.230. The highest BCUT2D eigenvalue weighted by Gasteiger charge is 2.48. The molecular formula is C25H22Cl2F3N3O3. The molecule has 1 fully saturated rings. The molecule has 0 unspecified atom stereocenters. The molecule has 190 valence electrons. The van der Waals surface area contributed by atoms with Crippen LogP contribution in [0.5, 0.6) is 5.75 Å². The summed E-state index contributed by atoms with van der Waals surface area (Å²) in [6.07, 6.45) is -3.19. The van der Waals surface area contributed by atoms with Crippen molar-refractivity contribution >= 4 is 46.3 Å². The first kappa shape index (κ1) is 26.0. The van der Waals surface area contributed by atoms with E-state index in [-0.39, 0.29) is 6.10 Å². The Hall–Kier alpha value is -3.09. The molecule has 36 heavy (non-hydrogen) atoms. The van der Waals surface area contributed by atoms with E-state index in [0.717, 1.165) is 36.6 Å². The average Bonchev–Trinajstić information content (AvgIpc) is 3.17. The summed E-state index contributed by atoms with van der Waals surface area (Å²) in [7, 11) is 0. The molecule has 2 aromatic rings. The second kappa shape index (κ2) is 10.5. The van der Waals surface area contributed by atoms with Crippen LogP contribution >= 0.6 is 23.2 Å². The number of hydrogen-bond donors (Lipinski definition) is 1. The highest BCUT2D eigenvalue weighted by molar-refractivity contribution is 6.35. The number of hydrazone groups is 1. The Morgan fingerprint density at radius 3 is 2.42 bits per heavy atom. The van der Waals surface area contributed by atoms with Crippen LogP contribution in [0.15, 0.2) is 47.6 Å². The maximum atomic E-state index is 13.4. The van der Waals surface area contributed by atoms with Crippen molar-refractivity contribution in [3.63, 3.8) is 0 Å². The normalized spacial score (nSPS) is 20.6. The topological polar surface area (TPSA) is 65.4 Å². The third-order valence-corrected chi connectivity index (χ3v) is 6.65. The van der Waals surface area contributed by atoms with E-state index >= 15 is 0 Å². The molecule has 0 spiro atoms. The number of piperidine rings is 1. The molecule has 2 aromatic carbocycles. The van der Waals surface area contributed by atoms with Gasteiger partial charge in [0.25, 0.3) is 0 Å². The zero-order valence-electron chi connectivity index (χ0n) is 19.1. The van der Waals surface area contributed by atoms with Crippen molar-refractivity contribution in [2.75, 3.05) is 23.0 Å². The molecule has 0 aliphatic carbocycles. The van der Waals surface area contributed by atoms with Crippen molar-refractivity contribution < 1.29 is 27.8 Å². The summed E-state index contributed by atoms with van der Waals surface area (Å²) in [4.78, 5) is 13.0. The van der Waals surface area contributed by atoms with Crippen molar-refractivity contribution in [3.05, 3.63) is 52.5 Å². The first-order chi connectivity index (χ1) is 17.0. The van der Waals surface area contributed by atoms with Gasteiger partial charge in [-0.3, -0.25) is 0 Å². The van der Waals surface area contributed by atoms with Gasteiger partial charge in [0.15, 0.2) is 0 Å². The summed E-state index contributed by atoms with van der Waals surface area (Å²) in [5, 5.41) is 14.9. The lowest BCUT2D eigenvalue weighted by Gasteiger charge is -2.34. The molecule has 0 bridgehead atoms. The molecule has 2 heterocycles. The highest BCUT2D eigenvalue weighted by atomic mass is 35.5. The van der Waals surface area contributed by atoms with Gasteiger partial charge in [-0.25, -0.2) is 9.80 Å². The number of anilines is 2. The van der Waals surface area contributed by atoms with Gasteiger partial charge in [-0.2, -0.15) is 18.3 Å². The van der Waals surface area contributed by atoms with Crippen LogP contribution in [0.2, 0.25) is 10.0 Å². The van der Waals surface area contributed by atoms with Gasteiger partial charge in [0, 0.05) is 42.8 Å². The Morgan fingerprint density at radius 2 is 1.81 bits per heavy atom. The molecule has 1 saturated heterocycles. The minimum atomic E-state index is -4.65. The van der Waals surface area contributed by atoms with E-state index in [4.69, 9.17) is 33.0 Å². The number of carboxylic acid groups (broad SMARTS) is 1. The van der Waals surface area contributed by atoms with Crippen LogP contribution in [0, 0.1) is 17.8 Å². The first-order valence-electron chi connectivity index (χ1n) is 11.2. The Morgan fingerprint density at radius 1 is 1.14 bits per heavy atom. The molecular weight excluding hydrogens is 518 g/mol. The van der Waals surface area contributed by atoms with Crippen LogP contribution in [0.1, 0.15) is 19.8 Å². The molecule has 11 heteroatoms. The summed E-state index contributed by atoms with van der Waals surface area (Å²) < 4.78 is 46.3. The van der Waals surface area contributed by atoms with E-state index in [1.54, 1.807) is 36.4 Å². The van der Waals surface area contributed by atoms with Gasteiger partial charge in [0.05, 0.1) is 16.4 Å². The van der Waals surface area contributed by atoms with Gasteiger partial charge < -0.3 is 14.7 Å². The monoisotopic (exact) mass is 539 g/mol. The third-order valence-electron chi connectivity index (χ3n) is 6.10. The highest BCUT2D eigenvalue weighted by Crippen LogP contribution is 2.36. The van der Waals surface area contributed by atoms with Gasteiger partial charge in [0.1, 0.15) is 23.6 Å². The van der Waals surface area contributed by atoms with Gasteiger partial charge in [-0.1, -0.05) is 36.0 Å². The molecule has 0 aromatic heterocycles. The molecule has 2 aliphatic heterocycles. The number of benzene rings is 2. The zero-order valence-corrected chi connectivity index (χ0v) is 20.6. The van der Waals surface area contributed by atoms with Crippen molar-refractivity contribution in [1.29, 1.82) is 0 Å². The van der Waals surface area contributed by atoms with Crippen molar-refractivity contribution in [1.82, 2.24) is 0 Å². The third kappa shape index (κ3) is 5.82. The fourth-order valence-electron chi connectivity index (χ4n) is 4.30. The van der Waals surface area contributed by atoms with Crippen molar-refractivity contribution in [2.24, 2.45) is 11.0 Å². The van der Waals surface area contributed by atoms with Crippen LogP contribution in [0.4, 0.5) is 24.5 Å². The molecule has 0 amide bonds. The molecule has 2 atom stereocenters. The maximum Gasteiger partial charge on any atom is 0.431 e. The number of rotatable bonds is 4. The summed E-state index contributed by atoms with van der Waals surface area (Å²) in [6.45, 7) is 2.79. The SMILES string of the molecule is C[C@@H]1C(C(F)(F)F)=NN(c2ccc(OC3CCN(c4cc(Cl)ccc4Cl)CC3)cc2)[C@H]1C#CC(=O)O. The number of nitrogens with zero attached hydrogens (tertiary/aromatic N) is 3. The van der Waals surface area contributed by atoms with Crippen molar-refractivity contribution in [3.8, 4) is 17.6 Å². The van der Waals surface area contributed by atoms with Gasteiger partial charge in [0.2, 0.25) is 0 Å². The first-order valence-corrected chi connectivity index (χ1v) is 11.9. The van der Waals surface area contributed by atoms with Crippen LogP contribution in [0.25, 0.3) is 0 Å². The van der Waals surface area contributed by atoms with Gasteiger partial charge in [-0.15, -0.1) is 0 Å². The summed E-state index contributed by atoms with van der Waals surface area (Å²) in [6, 6.07) is 10.8. The molecule has 2 aliphatic rings. The smallest absolute Gasteiger partial charge is 0.431 e. The van der Waals surface area contributed by atoms with Crippen LogP contribution in [-0.4, -0.2) is 48.2 Å². The predicted molar refractivity (Wildman–Crippen MR) is 133 cm³/mol. The van der Waals surface area contributed by atoms with E-state index in [0.29, 0.717) is 21.5 Å². The summed E-state index contributed by atoms with van der Waals surface area (Å²) >= 11 is 12.4. The van der Waals surface area contributed by atoms with Crippen LogP contribution in [0.3, 0.4) is 0 Å². The maximum absolute atomic E-state index is 13.4. The van der Waals surface area contributed by atoms with E-state index in [9.17, 15) is 18.0 Å². The lowest BCUT2D eigenvalue weighted by molar-refractivity contribution is -0.130. The Labute approximate surface area is 216 Å². The quantitative estimate of drug-likeness (QED) is 0.492. The van der Waals surface area contributed by atoms with E-state index < -0.39 is 29.8 Å². The summed E-state index contributed by atoms with van der Waals surface area (Å²) in [5.74, 6) is 2.34. The number of aliphatic carboxylic acids is 1. The molecule has 4 rings (SSSR count).